The van der Waals surface area contributed by atoms with E-state index in [0.717, 1.165) is 12.8 Å². The fourth-order valence-electron chi connectivity index (χ4n) is 2.20. The van der Waals surface area contributed by atoms with Gasteiger partial charge in [-0.25, -0.2) is 0 Å². The molecule has 2 N–H and O–H groups in total. The molecule has 4 heteroatoms. The first-order valence-corrected chi connectivity index (χ1v) is 7.25. The number of amides is 2. The van der Waals surface area contributed by atoms with Crippen molar-refractivity contribution < 1.29 is 9.59 Å². The van der Waals surface area contributed by atoms with Crippen molar-refractivity contribution in [3.63, 3.8) is 0 Å². The molecule has 108 valence electrons. The quantitative estimate of drug-likeness (QED) is 0.792. The summed E-state index contributed by atoms with van der Waals surface area (Å²) < 4.78 is 0. The van der Waals surface area contributed by atoms with Gasteiger partial charge in [0.25, 0.3) is 0 Å². The Bertz CT molecular complexity index is 459. The van der Waals surface area contributed by atoms with Crippen molar-refractivity contribution in [3.8, 4) is 0 Å². The Labute approximate surface area is 119 Å². The van der Waals surface area contributed by atoms with Gasteiger partial charge in [0.1, 0.15) is 0 Å². The van der Waals surface area contributed by atoms with Crippen molar-refractivity contribution in [2.75, 3.05) is 13.1 Å². The van der Waals surface area contributed by atoms with E-state index in [9.17, 15) is 9.59 Å². The summed E-state index contributed by atoms with van der Waals surface area (Å²) in [6.07, 6.45) is 2.16. The van der Waals surface area contributed by atoms with Gasteiger partial charge in [-0.3, -0.25) is 9.59 Å². The lowest BCUT2D eigenvalue weighted by Crippen LogP contribution is -2.32. The van der Waals surface area contributed by atoms with Crippen LogP contribution < -0.4 is 10.6 Å². The molecule has 1 aromatic rings. The fourth-order valence-corrected chi connectivity index (χ4v) is 2.20. The molecule has 4 nitrogen and oxygen atoms in total. The lowest BCUT2D eigenvalue weighted by atomic mass is 10.1. The molecule has 1 saturated carbocycles. The number of rotatable bonds is 7. The van der Waals surface area contributed by atoms with Crippen LogP contribution in [0.5, 0.6) is 0 Å². The average Bonchev–Trinajstić information content (AvgIpc) is 3.17. The predicted octanol–water partition coefficient (Wildman–Crippen LogP) is 1.51. The number of carbonyl (C=O) groups excluding carboxylic acids is 2. The first-order chi connectivity index (χ1) is 9.66. The lowest BCUT2D eigenvalue weighted by molar-refractivity contribution is -0.123. The number of nitrogens with one attached hydrogen (secondary N) is 2. The van der Waals surface area contributed by atoms with Gasteiger partial charge < -0.3 is 10.6 Å². The third-order valence-corrected chi connectivity index (χ3v) is 3.68. The van der Waals surface area contributed by atoms with Crippen molar-refractivity contribution in [2.45, 2.75) is 26.2 Å². The van der Waals surface area contributed by atoms with Gasteiger partial charge in [0.2, 0.25) is 11.8 Å². The summed E-state index contributed by atoms with van der Waals surface area (Å²) >= 11 is 0. The summed E-state index contributed by atoms with van der Waals surface area (Å²) in [6.45, 7) is 3.14. The van der Waals surface area contributed by atoms with Crippen LogP contribution in [-0.2, 0) is 16.0 Å². The second-order valence-corrected chi connectivity index (χ2v) is 5.45. The maximum Gasteiger partial charge on any atom is 0.223 e. The summed E-state index contributed by atoms with van der Waals surface area (Å²) in [5.41, 5.74) is 1.21. The molecule has 20 heavy (non-hydrogen) atoms. The Morgan fingerprint density at radius 2 is 1.85 bits per heavy atom. The molecule has 1 fully saturated rings. The van der Waals surface area contributed by atoms with E-state index < -0.39 is 0 Å². The van der Waals surface area contributed by atoms with Gasteiger partial charge in [0, 0.05) is 25.4 Å². The summed E-state index contributed by atoms with van der Waals surface area (Å²) in [5, 5.41) is 5.68. The second kappa shape index (κ2) is 7.08. The van der Waals surface area contributed by atoms with E-state index >= 15 is 0 Å². The Morgan fingerprint density at radius 3 is 2.50 bits per heavy atom. The van der Waals surface area contributed by atoms with E-state index in [1.807, 2.05) is 30.3 Å². The molecular weight excluding hydrogens is 252 g/mol. The van der Waals surface area contributed by atoms with Crippen molar-refractivity contribution >= 4 is 11.8 Å². The van der Waals surface area contributed by atoms with Gasteiger partial charge in [0.15, 0.2) is 0 Å². The van der Waals surface area contributed by atoms with Crippen LogP contribution in [0.25, 0.3) is 0 Å². The molecule has 1 aromatic carbocycles. The lowest BCUT2D eigenvalue weighted by Gasteiger charge is -2.06. The molecule has 1 aliphatic rings. The van der Waals surface area contributed by atoms with Crippen molar-refractivity contribution in [1.29, 1.82) is 0 Å². The maximum atomic E-state index is 11.6. The van der Waals surface area contributed by atoms with Crippen LogP contribution in [0.15, 0.2) is 30.3 Å². The van der Waals surface area contributed by atoms with Gasteiger partial charge in [-0.2, -0.15) is 0 Å². The van der Waals surface area contributed by atoms with Crippen LogP contribution in [0.3, 0.4) is 0 Å². The van der Waals surface area contributed by atoms with E-state index in [-0.39, 0.29) is 17.7 Å². The van der Waals surface area contributed by atoms with E-state index in [2.05, 4.69) is 17.6 Å². The molecule has 0 bridgehead atoms. The standard InChI is InChI=1S/C16H22N2O2/c1-12-11-14(12)16(20)18-10-8-15(19)17-9-7-13-5-3-2-4-6-13/h2-6,12,14H,7-11H2,1H3,(H,17,19)(H,18,20)/t12-,14+/m0/s1. The fraction of sp³-hybridized carbons (Fsp3) is 0.500. The molecule has 1 aliphatic carbocycles. The van der Waals surface area contributed by atoms with Crippen molar-refractivity contribution in [1.82, 2.24) is 10.6 Å². The van der Waals surface area contributed by atoms with Crippen LogP contribution >= 0.6 is 0 Å². The molecule has 0 aromatic heterocycles. The topological polar surface area (TPSA) is 58.2 Å². The van der Waals surface area contributed by atoms with Crippen molar-refractivity contribution in [2.24, 2.45) is 11.8 Å². The largest absolute Gasteiger partial charge is 0.356 e. The highest BCUT2D eigenvalue weighted by atomic mass is 16.2. The third-order valence-electron chi connectivity index (χ3n) is 3.68. The van der Waals surface area contributed by atoms with Gasteiger partial charge in [-0.1, -0.05) is 37.3 Å². The molecular formula is C16H22N2O2. The van der Waals surface area contributed by atoms with Crippen LogP contribution in [-0.4, -0.2) is 24.9 Å². The van der Waals surface area contributed by atoms with Crippen LogP contribution in [0.1, 0.15) is 25.3 Å². The minimum atomic E-state index is -0.00919. The van der Waals surface area contributed by atoms with E-state index in [0.29, 0.717) is 25.4 Å². The second-order valence-electron chi connectivity index (χ2n) is 5.45. The zero-order chi connectivity index (χ0) is 14.4. The summed E-state index contributed by atoms with van der Waals surface area (Å²) in [4.78, 5) is 23.2. The Balaban J connectivity index is 1.53. The summed E-state index contributed by atoms with van der Waals surface area (Å²) in [6, 6.07) is 10.1. The SMILES string of the molecule is C[C@H]1C[C@H]1C(=O)NCCC(=O)NCCc1ccccc1. The summed E-state index contributed by atoms with van der Waals surface area (Å²) in [5.74, 6) is 0.769. The van der Waals surface area contributed by atoms with Gasteiger partial charge >= 0.3 is 0 Å². The molecule has 0 saturated heterocycles. The molecule has 2 atom stereocenters. The Morgan fingerprint density at radius 1 is 1.15 bits per heavy atom. The zero-order valence-electron chi connectivity index (χ0n) is 11.9. The number of hydrogen-bond donors (Lipinski definition) is 2. The van der Waals surface area contributed by atoms with Crippen molar-refractivity contribution in [3.05, 3.63) is 35.9 Å². The smallest absolute Gasteiger partial charge is 0.223 e. The van der Waals surface area contributed by atoms with Gasteiger partial charge in [-0.15, -0.1) is 0 Å². The van der Waals surface area contributed by atoms with E-state index in [1.54, 1.807) is 0 Å². The van der Waals surface area contributed by atoms with E-state index in [4.69, 9.17) is 0 Å². The number of benzene rings is 1. The van der Waals surface area contributed by atoms with Crippen LogP contribution in [0, 0.1) is 11.8 Å². The molecule has 0 unspecified atom stereocenters. The molecule has 0 heterocycles. The third kappa shape index (κ3) is 4.68. The summed E-state index contributed by atoms with van der Waals surface area (Å²) in [7, 11) is 0. The molecule has 2 rings (SSSR count). The molecule has 0 aliphatic heterocycles. The highest BCUT2D eigenvalue weighted by Gasteiger charge is 2.38. The van der Waals surface area contributed by atoms with Crippen LogP contribution in [0.2, 0.25) is 0 Å². The molecule has 2 amide bonds. The first-order valence-electron chi connectivity index (χ1n) is 7.25. The first kappa shape index (κ1) is 14.6. The molecule has 0 radical (unpaired) electrons. The number of hydrogen-bond acceptors (Lipinski definition) is 2. The highest BCUT2D eigenvalue weighted by Crippen LogP contribution is 2.37. The minimum Gasteiger partial charge on any atom is -0.356 e. The minimum absolute atomic E-state index is 0.00919. The normalized spacial score (nSPS) is 20.2. The molecule has 0 spiro atoms. The highest BCUT2D eigenvalue weighted by molar-refractivity contribution is 5.82. The Kier molecular flexibility index (Phi) is 5.16. The zero-order valence-corrected chi connectivity index (χ0v) is 11.9. The maximum absolute atomic E-state index is 11.6. The van der Waals surface area contributed by atoms with Gasteiger partial charge in [0.05, 0.1) is 0 Å². The number of carbonyl (C=O) groups is 2. The van der Waals surface area contributed by atoms with Crippen LogP contribution in [0.4, 0.5) is 0 Å². The average molecular weight is 274 g/mol. The monoisotopic (exact) mass is 274 g/mol. The Hall–Kier alpha value is -1.84. The predicted molar refractivity (Wildman–Crippen MR) is 78.1 cm³/mol. The van der Waals surface area contributed by atoms with Gasteiger partial charge in [-0.05, 0) is 24.3 Å². The van der Waals surface area contributed by atoms with E-state index in [1.165, 1.54) is 5.56 Å².